The predicted octanol–water partition coefficient (Wildman–Crippen LogP) is 3.54. The van der Waals surface area contributed by atoms with E-state index >= 15 is 0 Å². The third kappa shape index (κ3) is 4.38. The Balaban J connectivity index is 2.14. The molecule has 0 bridgehead atoms. The van der Waals surface area contributed by atoms with E-state index in [1.54, 1.807) is 0 Å². The van der Waals surface area contributed by atoms with Crippen molar-refractivity contribution in [3.05, 3.63) is 68.5 Å². The number of methoxy groups -OCH3 is 1. The number of amides is 1. The van der Waals surface area contributed by atoms with Gasteiger partial charge in [-0.05, 0) is 24.3 Å². The molecule has 0 aliphatic carbocycles. The lowest BCUT2D eigenvalue weighted by atomic mass is 10.1. The van der Waals surface area contributed by atoms with E-state index in [0.717, 1.165) is 30.6 Å². The van der Waals surface area contributed by atoms with Gasteiger partial charge in [0.15, 0.2) is 4.80 Å². The average Bonchev–Trinajstić information content (AvgIpc) is 3.03. The van der Waals surface area contributed by atoms with Gasteiger partial charge in [-0.3, -0.25) is 19.7 Å². The summed E-state index contributed by atoms with van der Waals surface area (Å²) in [7, 11) is 1.16. The molecule has 0 atom stereocenters. The largest absolute Gasteiger partial charge is 0.468 e. The number of hydrogen-bond donors (Lipinski definition) is 0. The Kier molecular flexibility index (Phi) is 5.69. The van der Waals surface area contributed by atoms with Gasteiger partial charge in [0, 0.05) is 17.7 Å². The summed E-state index contributed by atoms with van der Waals surface area (Å²) in [6.45, 7) is -0.344. The first-order valence-corrected chi connectivity index (χ1v) is 9.02. The number of nitro benzene ring substituents is 1. The minimum atomic E-state index is -4.63. The van der Waals surface area contributed by atoms with Crippen molar-refractivity contribution in [3.8, 4) is 0 Å². The van der Waals surface area contributed by atoms with Crippen LogP contribution in [0.5, 0.6) is 0 Å². The molecular weight excluding hydrogens is 427 g/mol. The SMILES string of the molecule is COC(=O)Cn1c(=NC(=O)c2cccc(C(F)(F)F)c2)sc2cc([N+](=O)[O-])ccc21. The summed E-state index contributed by atoms with van der Waals surface area (Å²) >= 11 is 0.882. The first-order chi connectivity index (χ1) is 14.1. The minimum Gasteiger partial charge on any atom is -0.468 e. The first kappa shape index (κ1) is 21.2. The fourth-order valence-electron chi connectivity index (χ4n) is 2.59. The van der Waals surface area contributed by atoms with E-state index in [-0.39, 0.29) is 22.6 Å². The smallest absolute Gasteiger partial charge is 0.416 e. The number of non-ortho nitro benzene ring substituents is 1. The van der Waals surface area contributed by atoms with Crippen LogP contribution in [-0.2, 0) is 22.3 Å². The fourth-order valence-corrected chi connectivity index (χ4v) is 3.65. The second kappa shape index (κ2) is 8.06. The van der Waals surface area contributed by atoms with Crippen LogP contribution in [0.25, 0.3) is 10.2 Å². The van der Waals surface area contributed by atoms with Gasteiger partial charge in [-0.25, -0.2) is 0 Å². The van der Waals surface area contributed by atoms with Crippen LogP contribution in [-0.4, -0.2) is 28.5 Å². The molecule has 2 aromatic carbocycles. The molecule has 0 saturated carbocycles. The number of fused-ring (bicyclic) bond motifs is 1. The molecule has 30 heavy (non-hydrogen) atoms. The number of rotatable bonds is 4. The van der Waals surface area contributed by atoms with E-state index in [2.05, 4.69) is 9.73 Å². The number of carbonyl (C=O) groups excluding carboxylic acids is 2. The highest BCUT2D eigenvalue weighted by molar-refractivity contribution is 7.16. The van der Waals surface area contributed by atoms with Gasteiger partial charge in [-0.15, -0.1) is 0 Å². The van der Waals surface area contributed by atoms with Crippen LogP contribution in [0.3, 0.4) is 0 Å². The Morgan fingerprint density at radius 2 is 1.97 bits per heavy atom. The molecule has 8 nitrogen and oxygen atoms in total. The second-order valence-electron chi connectivity index (χ2n) is 5.95. The zero-order valence-electron chi connectivity index (χ0n) is 15.2. The number of halogens is 3. The Labute approximate surface area is 170 Å². The van der Waals surface area contributed by atoms with Crippen molar-refractivity contribution in [2.45, 2.75) is 12.7 Å². The fraction of sp³-hybridized carbons (Fsp3) is 0.167. The number of nitrogens with zero attached hydrogens (tertiary/aromatic N) is 3. The molecule has 0 saturated heterocycles. The van der Waals surface area contributed by atoms with E-state index in [0.29, 0.717) is 16.3 Å². The zero-order valence-corrected chi connectivity index (χ0v) is 16.0. The summed E-state index contributed by atoms with van der Waals surface area (Å²) in [5.74, 6) is -1.62. The highest BCUT2D eigenvalue weighted by Gasteiger charge is 2.30. The third-order valence-electron chi connectivity index (χ3n) is 4.03. The molecule has 0 radical (unpaired) electrons. The van der Waals surface area contributed by atoms with Crippen LogP contribution in [0.2, 0.25) is 0 Å². The molecule has 0 spiro atoms. The molecule has 3 aromatic rings. The van der Waals surface area contributed by atoms with Gasteiger partial charge in [0.25, 0.3) is 11.6 Å². The average molecular weight is 439 g/mol. The number of thiazole rings is 1. The molecule has 0 N–H and O–H groups in total. The van der Waals surface area contributed by atoms with Crippen molar-refractivity contribution in [3.63, 3.8) is 0 Å². The summed E-state index contributed by atoms with van der Waals surface area (Å²) in [6.07, 6.45) is -4.63. The topological polar surface area (TPSA) is 104 Å². The number of carbonyl (C=O) groups is 2. The molecule has 1 amide bonds. The van der Waals surface area contributed by atoms with E-state index in [9.17, 15) is 32.9 Å². The maximum absolute atomic E-state index is 12.9. The molecule has 156 valence electrons. The predicted molar refractivity (Wildman–Crippen MR) is 99.8 cm³/mol. The van der Waals surface area contributed by atoms with Crippen LogP contribution >= 0.6 is 11.3 Å². The number of esters is 1. The normalized spacial score (nSPS) is 12.2. The van der Waals surface area contributed by atoms with Gasteiger partial charge < -0.3 is 9.30 Å². The lowest BCUT2D eigenvalue weighted by Crippen LogP contribution is -2.22. The van der Waals surface area contributed by atoms with E-state index in [4.69, 9.17) is 0 Å². The van der Waals surface area contributed by atoms with Gasteiger partial charge in [0.2, 0.25) is 0 Å². The maximum Gasteiger partial charge on any atom is 0.416 e. The van der Waals surface area contributed by atoms with Crippen molar-refractivity contribution >= 4 is 39.1 Å². The zero-order chi connectivity index (χ0) is 22.1. The Morgan fingerprint density at radius 1 is 1.23 bits per heavy atom. The molecular formula is C18H12F3N3O5S. The van der Waals surface area contributed by atoms with Crippen LogP contribution in [0.1, 0.15) is 15.9 Å². The van der Waals surface area contributed by atoms with Gasteiger partial charge in [0.05, 0.1) is 27.8 Å². The quantitative estimate of drug-likeness (QED) is 0.351. The van der Waals surface area contributed by atoms with Gasteiger partial charge in [-0.1, -0.05) is 17.4 Å². The van der Waals surface area contributed by atoms with Gasteiger partial charge >= 0.3 is 12.1 Å². The number of ether oxygens (including phenoxy) is 1. The number of alkyl halides is 3. The lowest BCUT2D eigenvalue weighted by Gasteiger charge is -2.07. The van der Waals surface area contributed by atoms with Crippen LogP contribution < -0.4 is 4.80 Å². The summed E-state index contributed by atoms with van der Waals surface area (Å²) in [6, 6.07) is 7.64. The highest BCUT2D eigenvalue weighted by atomic mass is 32.1. The highest BCUT2D eigenvalue weighted by Crippen LogP contribution is 2.29. The van der Waals surface area contributed by atoms with E-state index < -0.39 is 28.5 Å². The Hall–Kier alpha value is -3.54. The number of hydrogen-bond acceptors (Lipinski definition) is 6. The maximum atomic E-state index is 12.9. The molecule has 0 aliphatic rings. The van der Waals surface area contributed by atoms with Gasteiger partial charge in [-0.2, -0.15) is 18.2 Å². The van der Waals surface area contributed by atoms with Gasteiger partial charge in [0.1, 0.15) is 6.54 Å². The van der Waals surface area contributed by atoms with Crippen molar-refractivity contribution in [2.24, 2.45) is 4.99 Å². The first-order valence-electron chi connectivity index (χ1n) is 8.21. The molecule has 12 heteroatoms. The molecule has 1 heterocycles. The Bertz CT molecular complexity index is 1230. The third-order valence-corrected chi connectivity index (χ3v) is 5.07. The summed E-state index contributed by atoms with van der Waals surface area (Å²) in [5, 5.41) is 11.0. The van der Waals surface area contributed by atoms with Crippen molar-refractivity contribution in [2.75, 3.05) is 7.11 Å². The summed E-state index contributed by atoms with van der Waals surface area (Å²) < 4.78 is 45.0. The van der Waals surface area contributed by atoms with E-state index in [1.165, 1.54) is 28.8 Å². The molecule has 0 unspecified atom stereocenters. The molecule has 0 fully saturated rings. The number of nitro groups is 1. The molecule has 3 rings (SSSR count). The van der Waals surface area contributed by atoms with Crippen molar-refractivity contribution in [1.29, 1.82) is 0 Å². The minimum absolute atomic E-state index is 0.0155. The standard InChI is InChI=1S/C18H12F3N3O5S/c1-29-15(25)9-23-13-6-5-12(24(27)28)8-14(13)30-17(23)22-16(26)10-3-2-4-11(7-10)18(19,20)21/h2-8H,9H2,1H3. The Morgan fingerprint density at radius 3 is 2.60 bits per heavy atom. The number of benzene rings is 2. The van der Waals surface area contributed by atoms with E-state index in [1.807, 2.05) is 0 Å². The number of aromatic nitrogens is 1. The summed E-state index contributed by atoms with van der Waals surface area (Å²) in [5.41, 5.74) is -1.12. The summed E-state index contributed by atoms with van der Waals surface area (Å²) in [4.78, 5) is 38.5. The van der Waals surface area contributed by atoms with Crippen LogP contribution in [0, 0.1) is 10.1 Å². The molecule has 0 aliphatic heterocycles. The lowest BCUT2D eigenvalue weighted by molar-refractivity contribution is -0.384. The van der Waals surface area contributed by atoms with Crippen LogP contribution in [0.15, 0.2) is 47.5 Å². The van der Waals surface area contributed by atoms with Crippen molar-refractivity contribution in [1.82, 2.24) is 4.57 Å². The molecule has 1 aromatic heterocycles. The second-order valence-corrected chi connectivity index (χ2v) is 6.96. The van der Waals surface area contributed by atoms with Crippen molar-refractivity contribution < 1.29 is 32.4 Å². The van der Waals surface area contributed by atoms with Crippen LogP contribution in [0.4, 0.5) is 18.9 Å². The monoisotopic (exact) mass is 439 g/mol.